The van der Waals surface area contributed by atoms with Crippen molar-refractivity contribution >= 4 is 41.9 Å². The maximum Gasteiger partial charge on any atom is 0.325 e. The number of imide groups is 1. The van der Waals surface area contributed by atoms with Gasteiger partial charge in [-0.25, -0.2) is 4.79 Å². The molecule has 1 unspecified atom stereocenters. The summed E-state index contributed by atoms with van der Waals surface area (Å²) in [5, 5.41) is 5.72. The molecule has 1 aliphatic rings. The summed E-state index contributed by atoms with van der Waals surface area (Å²) in [7, 11) is 0. The number of carbonyl (C=O) groups is 2. The number of halogens is 1. The molecule has 128 valence electrons. The van der Waals surface area contributed by atoms with Crippen LogP contribution in [0.2, 0.25) is 0 Å². The van der Waals surface area contributed by atoms with Crippen LogP contribution in [0.5, 0.6) is 0 Å². The average Bonchev–Trinajstić information content (AvgIpc) is 2.64. The Balaban J connectivity index is 0.00000441. The zero-order valence-corrected chi connectivity index (χ0v) is 16.1. The molecule has 1 saturated heterocycles. The predicted octanol–water partition coefficient (Wildman–Crippen LogP) is 1.28. The fraction of sp³-hybridized carbons (Fsp3) is 0.786. The minimum atomic E-state index is -0.762. The fourth-order valence-corrected chi connectivity index (χ4v) is 1.98. The van der Waals surface area contributed by atoms with Gasteiger partial charge in [-0.2, -0.15) is 0 Å². The number of carbonyl (C=O) groups excluding carboxylic acids is 2. The molecule has 1 fully saturated rings. The van der Waals surface area contributed by atoms with Gasteiger partial charge in [0.15, 0.2) is 5.96 Å². The number of hydrogen-bond acceptors (Lipinski definition) is 3. The van der Waals surface area contributed by atoms with Crippen LogP contribution in [0.15, 0.2) is 4.99 Å². The third kappa shape index (κ3) is 5.62. The molecule has 1 atom stereocenters. The third-order valence-electron chi connectivity index (χ3n) is 3.54. The highest BCUT2D eigenvalue weighted by Crippen LogP contribution is 2.20. The second kappa shape index (κ2) is 9.16. The molecule has 0 radical (unpaired) electrons. The van der Waals surface area contributed by atoms with Gasteiger partial charge in [0, 0.05) is 19.6 Å². The zero-order chi connectivity index (χ0) is 16.0. The van der Waals surface area contributed by atoms with Crippen molar-refractivity contribution < 1.29 is 9.59 Å². The molecule has 1 rings (SSSR count). The van der Waals surface area contributed by atoms with Gasteiger partial charge in [0.2, 0.25) is 0 Å². The lowest BCUT2D eigenvalue weighted by Crippen LogP contribution is -2.43. The SMILES string of the molecule is CCC1(C)NC(=O)N(CCCNC(N)=NCC(C)C)C1=O.I. The number of aliphatic imine (C=N–C) groups is 1. The largest absolute Gasteiger partial charge is 0.370 e. The quantitative estimate of drug-likeness (QED) is 0.188. The van der Waals surface area contributed by atoms with Gasteiger partial charge in [-0.1, -0.05) is 20.8 Å². The van der Waals surface area contributed by atoms with Gasteiger partial charge in [0.05, 0.1) is 0 Å². The molecule has 0 spiro atoms. The number of nitrogens with two attached hydrogens (primary N) is 1. The van der Waals surface area contributed by atoms with Crippen LogP contribution in [-0.2, 0) is 4.79 Å². The lowest BCUT2D eigenvalue weighted by Gasteiger charge is -2.19. The van der Waals surface area contributed by atoms with Crippen molar-refractivity contribution in [1.29, 1.82) is 0 Å². The van der Waals surface area contributed by atoms with E-state index in [4.69, 9.17) is 5.73 Å². The second-order valence-electron chi connectivity index (χ2n) is 5.97. The topological polar surface area (TPSA) is 99.8 Å². The lowest BCUT2D eigenvalue weighted by atomic mass is 9.99. The molecule has 0 aromatic rings. The van der Waals surface area contributed by atoms with Crippen molar-refractivity contribution in [2.24, 2.45) is 16.6 Å². The Labute approximate surface area is 149 Å². The molecule has 0 aromatic heterocycles. The maximum absolute atomic E-state index is 12.1. The van der Waals surface area contributed by atoms with E-state index in [-0.39, 0.29) is 35.9 Å². The van der Waals surface area contributed by atoms with Crippen LogP contribution in [0.4, 0.5) is 4.79 Å². The van der Waals surface area contributed by atoms with Crippen molar-refractivity contribution in [3.63, 3.8) is 0 Å². The highest BCUT2D eigenvalue weighted by Gasteiger charge is 2.45. The van der Waals surface area contributed by atoms with E-state index in [2.05, 4.69) is 29.5 Å². The number of hydrogen-bond donors (Lipinski definition) is 3. The number of amides is 3. The molecule has 0 aliphatic carbocycles. The van der Waals surface area contributed by atoms with Crippen LogP contribution in [0.3, 0.4) is 0 Å². The number of guanidine groups is 1. The number of rotatable bonds is 7. The minimum Gasteiger partial charge on any atom is -0.370 e. The van der Waals surface area contributed by atoms with Crippen LogP contribution in [-0.4, -0.2) is 48.0 Å². The van der Waals surface area contributed by atoms with Crippen LogP contribution < -0.4 is 16.4 Å². The average molecular weight is 425 g/mol. The molecule has 7 nitrogen and oxygen atoms in total. The molecular formula is C14H28IN5O2. The normalized spacial score (nSPS) is 21.9. The Bertz CT molecular complexity index is 427. The Morgan fingerprint density at radius 1 is 1.45 bits per heavy atom. The van der Waals surface area contributed by atoms with Gasteiger partial charge in [-0.05, 0) is 25.7 Å². The first-order valence-electron chi connectivity index (χ1n) is 7.48. The molecule has 1 aliphatic heterocycles. The maximum atomic E-state index is 12.1. The monoisotopic (exact) mass is 425 g/mol. The first-order valence-corrected chi connectivity index (χ1v) is 7.48. The van der Waals surface area contributed by atoms with Gasteiger partial charge in [-0.15, -0.1) is 24.0 Å². The highest BCUT2D eigenvalue weighted by molar-refractivity contribution is 14.0. The van der Waals surface area contributed by atoms with E-state index >= 15 is 0 Å². The molecule has 0 aromatic carbocycles. The van der Waals surface area contributed by atoms with Crippen LogP contribution in [0.1, 0.15) is 40.5 Å². The number of nitrogens with one attached hydrogen (secondary N) is 2. The first-order chi connectivity index (χ1) is 9.80. The summed E-state index contributed by atoms with van der Waals surface area (Å²) in [5.74, 6) is 0.707. The molecule has 3 amide bonds. The van der Waals surface area contributed by atoms with Crippen molar-refractivity contribution in [2.75, 3.05) is 19.6 Å². The molecule has 0 bridgehead atoms. The smallest absolute Gasteiger partial charge is 0.325 e. The zero-order valence-electron chi connectivity index (χ0n) is 13.8. The van der Waals surface area contributed by atoms with Crippen LogP contribution >= 0.6 is 24.0 Å². The Morgan fingerprint density at radius 2 is 2.09 bits per heavy atom. The summed E-state index contributed by atoms with van der Waals surface area (Å²) in [6.07, 6.45) is 1.22. The third-order valence-corrected chi connectivity index (χ3v) is 3.54. The molecule has 8 heteroatoms. The van der Waals surface area contributed by atoms with E-state index in [1.54, 1.807) is 6.92 Å². The van der Waals surface area contributed by atoms with E-state index in [9.17, 15) is 9.59 Å². The van der Waals surface area contributed by atoms with Crippen LogP contribution in [0, 0.1) is 5.92 Å². The highest BCUT2D eigenvalue weighted by atomic mass is 127. The predicted molar refractivity (Wildman–Crippen MR) is 98.3 cm³/mol. The van der Waals surface area contributed by atoms with Gasteiger partial charge < -0.3 is 16.4 Å². The summed E-state index contributed by atoms with van der Waals surface area (Å²) in [6.45, 7) is 9.41. The lowest BCUT2D eigenvalue weighted by molar-refractivity contribution is -0.130. The van der Waals surface area contributed by atoms with Crippen molar-refractivity contribution in [2.45, 2.75) is 46.1 Å². The number of urea groups is 1. The van der Waals surface area contributed by atoms with E-state index < -0.39 is 5.54 Å². The van der Waals surface area contributed by atoms with Gasteiger partial charge in [0.1, 0.15) is 5.54 Å². The molecule has 0 saturated carbocycles. The molecule has 22 heavy (non-hydrogen) atoms. The molecule has 1 heterocycles. The summed E-state index contributed by atoms with van der Waals surface area (Å²) >= 11 is 0. The Hall–Kier alpha value is -1.06. The van der Waals surface area contributed by atoms with E-state index in [1.807, 2.05) is 6.92 Å². The summed E-state index contributed by atoms with van der Waals surface area (Å²) in [5.41, 5.74) is 4.95. The van der Waals surface area contributed by atoms with E-state index in [0.29, 0.717) is 44.4 Å². The Morgan fingerprint density at radius 3 is 2.59 bits per heavy atom. The fourth-order valence-electron chi connectivity index (χ4n) is 1.98. The minimum absolute atomic E-state index is 0. The summed E-state index contributed by atoms with van der Waals surface area (Å²) in [4.78, 5) is 29.4. The first kappa shape index (κ1) is 20.9. The van der Waals surface area contributed by atoms with Gasteiger partial charge in [-0.3, -0.25) is 14.7 Å². The van der Waals surface area contributed by atoms with E-state index in [0.717, 1.165) is 0 Å². The van der Waals surface area contributed by atoms with Crippen LogP contribution in [0.25, 0.3) is 0 Å². The second-order valence-corrected chi connectivity index (χ2v) is 5.97. The summed E-state index contributed by atoms with van der Waals surface area (Å²) in [6, 6.07) is -0.314. The standard InChI is InChI=1S/C14H27N5O2.HI/c1-5-14(4)11(20)19(13(21)18-14)8-6-7-16-12(15)17-9-10(2)3;/h10H,5-9H2,1-4H3,(H,18,21)(H3,15,16,17);1H. The van der Waals surface area contributed by atoms with Gasteiger partial charge >= 0.3 is 6.03 Å². The summed E-state index contributed by atoms with van der Waals surface area (Å²) < 4.78 is 0. The van der Waals surface area contributed by atoms with Crippen molar-refractivity contribution in [1.82, 2.24) is 15.5 Å². The molecule has 4 N–H and O–H groups in total. The van der Waals surface area contributed by atoms with Crippen molar-refractivity contribution in [3.05, 3.63) is 0 Å². The molecular weight excluding hydrogens is 397 g/mol. The van der Waals surface area contributed by atoms with Crippen molar-refractivity contribution in [3.8, 4) is 0 Å². The van der Waals surface area contributed by atoms with E-state index in [1.165, 1.54) is 4.90 Å². The Kier molecular flexibility index (Phi) is 8.72. The number of nitrogens with zero attached hydrogens (tertiary/aromatic N) is 2. The van der Waals surface area contributed by atoms with Gasteiger partial charge in [0.25, 0.3) is 5.91 Å².